The molecule has 0 aromatic heterocycles. The Bertz CT molecular complexity index is 487. The van der Waals surface area contributed by atoms with Crippen molar-refractivity contribution in [3.8, 4) is 0 Å². The van der Waals surface area contributed by atoms with Gasteiger partial charge in [0.15, 0.2) is 5.79 Å². The summed E-state index contributed by atoms with van der Waals surface area (Å²) in [5.41, 5.74) is 1.38. The molecule has 2 rings (SSSR count). The summed E-state index contributed by atoms with van der Waals surface area (Å²) < 4.78 is 11.8. The van der Waals surface area contributed by atoms with Crippen LogP contribution in [0.3, 0.4) is 0 Å². The Labute approximate surface area is 131 Å². The molecule has 1 N–H and O–H groups in total. The number of hydrogen-bond donors (Lipinski definition) is 2. The van der Waals surface area contributed by atoms with Crippen molar-refractivity contribution in [2.45, 2.75) is 26.6 Å². The van der Waals surface area contributed by atoms with Crippen LogP contribution < -0.4 is 5.32 Å². The second-order valence-electron chi connectivity index (χ2n) is 6.12. The van der Waals surface area contributed by atoms with Crippen molar-refractivity contribution < 1.29 is 14.3 Å². The van der Waals surface area contributed by atoms with Crippen molar-refractivity contribution in [1.29, 1.82) is 0 Å². The molecule has 21 heavy (non-hydrogen) atoms. The molecular formula is C16H23NO3S. The Kier molecular flexibility index (Phi) is 4.96. The van der Waals surface area contributed by atoms with Crippen LogP contribution in [0.1, 0.15) is 36.7 Å². The maximum Gasteiger partial charge on any atom is 0.251 e. The lowest BCUT2D eigenvalue weighted by molar-refractivity contribution is -0.232. The standard InChI is InChI=1S/C16H23NO3S/c1-15(2,3)16(19-9-10-20-16)13-6-4-12(5-7-13)14(18)17-8-11-21/h4-7,21H,8-11H2,1-3H3,(H,17,18). The minimum absolute atomic E-state index is 0.0892. The second kappa shape index (κ2) is 6.38. The van der Waals surface area contributed by atoms with Gasteiger partial charge in [0.25, 0.3) is 5.91 Å². The number of amides is 1. The summed E-state index contributed by atoms with van der Waals surface area (Å²) >= 11 is 4.08. The maximum absolute atomic E-state index is 11.9. The van der Waals surface area contributed by atoms with E-state index in [9.17, 15) is 4.79 Å². The maximum atomic E-state index is 11.9. The van der Waals surface area contributed by atoms with E-state index in [0.717, 1.165) is 5.56 Å². The van der Waals surface area contributed by atoms with Gasteiger partial charge in [-0.15, -0.1) is 0 Å². The van der Waals surface area contributed by atoms with E-state index in [1.807, 2.05) is 24.3 Å². The highest BCUT2D eigenvalue weighted by atomic mass is 32.1. The van der Waals surface area contributed by atoms with Crippen molar-refractivity contribution in [3.05, 3.63) is 35.4 Å². The first kappa shape index (κ1) is 16.3. The molecule has 0 spiro atoms. The fourth-order valence-corrected chi connectivity index (χ4v) is 2.67. The number of carbonyl (C=O) groups is 1. The molecule has 1 aliphatic rings. The largest absolute Gasteiger partial charge is 0.351 e. The predicted octanol–water partition coefficient (Wildman–Crippen LogP) is 2.59. The molecule has 0 atom stereocenters. The van der Waals surface area contributed by atoms with Crippen LogP contribution >= 0.6 is 12.6 Å². The number of carbonyl (C=O) groups excluding carboxylic acids is 1. The molecule has 1 fully saturated rings. The lowest BCUT2D eigenvalue weighted by Gasteiger charge is -2.39. The monoisotopic (exact) mass is 309 g/mol. The van der Waals surface area contributed by atoms with Gasteiger partial charge in [-0.1, -0.05) is 32.9 Å². The van der Waals surface area contributed by atoms with E-state index in [2.05, 4.69) is 38.7 Å². The summed E-state index contributed by atoms with van der Waals surface area (Å²) in [6, 6.07) is 7.43. The number of rotatable bonds is 4. The number of ether oxygens (including phenoxy) is 2. The number of benzene rings is 1. The van der Waals surface area contributed by atoms with E-state index in [4.69, 9.17) is 9.47 Å². The molecule has 0 bridgehead atoms. The van der Waals surface area contributed by atoms with Crippen LogP contribution in [0.25, 0.3) is 0 Å². The Morgan fingerprint density at radius 3 is 2.29 bits per heavy atom. The number of nitrogens with one attached hydrogen (secondary N) is 1. The fraction of sp³-hybridized carbons (Fsp3) is 0.562. The van der Waals surface area contributed by atoms with Crippen LogP contribution in [0.2, 0.25) is 0 Å². The second-order valence-corrected chi connectivity index (χ2v) is 6.57. The van der Waals surface area contributed by atoms with E-state index in [0.29, 0.717) is 31.1 Å². The molecule has 1 saturated heterocycles. The molecule has 1 aromatic carbocycles. The van der Waals surface area contributed by atoms with Gasteiger partial charge >= 0.3 is 0 Å². The van der Waals surface area contributed by atoms with Gasteiger partial charge in [0.05, 0.1) is 13.2 Å². The fourth-order valence-electron chi connectivity index (χ4n) is 2.56. The molecular weight excluding hydrogens is 286 g/mol. The zero-order chi connectivity index (χ0) is 15.5. The summed E-state index contributed by atoms with van der Waals surface area (Å²) in [4.78, 5) is 11.9. The number of thiol groups is 1. The Morgan fingerprint density at radius 2 is 1.81 bits per heavy atom. The summed E-state index contributed by atoms with van der Waals surface area (Å²) in [5, 5.41) is 2.80. The predicted molar refractivity (Wildman–Crippen MR) is 85.7 cm³/mol. The molecule has 1 heterocycles. The van der Waals surface area contributed by atoms with E-state index >= 15 is 0 Å². The molecule has 0 unspecified atom stereocenters. The van der Waals surface area contributed by atoms with Gasteiger partial charge in [-0.05, 0) is 12.1 Å². The molecule has 116 valence electrons. The van der Waals surface area contributed by atoms with Crippen LogP contribution in [0.4, 0.5) is 0 Å². The Hall–Kier alpha value is -1.04. The van der Waals surface area contributed by atoms with Crippen LogP contribution in [0.5, 0.6) is 0 Å². The summed E-state index contributed by atoms with van der Waals surface area (Å²) in [7, 11) is 0. The quantitative estimate of drug-likeness (QED) is 0.841. The van der Waals surface area contributed by atoms with Crippen LogP contribution in [-0.2, 0) is 15.3 Å². The van der Waals surface area contributed by atoms with E-state index in [-0.39, 0.29) is 11.3 Å². The minimum Gasteiger partial charge on any atom is -0.351 e. The first-order chi connectivity index (χ1) is 9.90. The van der Waals surface area contributed by atoms with Gasteiger partial charge in [0.1, 0.15) is 0 Å². The molecule has 5 heteroatoms. The molecule has 1 amide bonds. The average molecular weight is 309 g/mol. The highest BCUT2D eigenvalue weighted by molar-refractivity contribution is 7.80. The van der Waals surface area contributed by atoms with E-state index < -0.39 is 5.79 Å². The normalized spacial score (nSPS) is 17.7. The van der Waals surface area contributed by atoms with Crippen LogP contribution in [0, 0.1) is 5.41 Å². The highest BCUT2D eigenvalue weighted by Crippen LogP contribution is 2.46. The third-order valence-corrected chi connectivity index (χ3v) is 3.83. The lowest BCUT2D eigenvalue weighted by atomic mass is 9.80. The van der Waals surface area contributed by atoms with Gasteiger partial charge in [0.2, 0.25) is 0 Å². The minimum atomic E-state index is -0.743. The molecule has 0 aliphatic carbocycles. The van der Waals surface area contributed by atoms with Gasteiger partial charge in [-0.2, -0.15) is 12.6 Å². The van der Waals surface area contributed by atoms with E-state index in [1.54, 1.807) is 0 Å². The first-order valence-electron chi connectivity index (χ1n) is 7.18. The highest BCUT2D eigenvalue weighted by Gasteiger charge is 2.48. The zero-order valence-corrected chi connectivity index (χ0v) is 13.7. The third kappa shape index (κ3) is 3.25. The summed E-state index contributed by atoms with van der Waals surface area (Å²) in [6.07, 6.45) is 0. The number of hydrogen-bond acceptors (Lipinski definition) is 4. The van der Waals surface area contributed by atoms with Crippen LogP contribution in [-0.4, -0.2) is 31.4 Å². The Morgan fingerprint density at radius 1 is 1.24 bits per heavy atom. The topological polar surface area (TPSA) is 47.6 Å². The molecule has 0 saturated carbocycles. The van der Waals surface area contributed by atoms with E-state index in [1.165, 1.54) is 0 Å². The third-order valence-electron chi connectivity index (χ3n) is 3.61. The lowest BCUT2D eigenvalue weighted by Crippen LogP contribution is -2.41. The van der Waals surface area contributed by atoms with Crippen molar-refractivity contribution in [1.82, 2.24) is 5.32 Å². The van der Waals surface area contributed by atoms with Crippen molar-refractivity contribution in [2.75, 3.05) is 25.5 Å². The van der Waals surface area contributed by atoms with Crippen molar-refractivity contribution in [2.24, 2.45) is 5.41 Å². The first-order valence-corrected chi connectivity index (χ1v) is 7.81. The van der Waals surface area contributed by atoms with Crippen LogP contribution in [0.15, 0.2) is 24.3 Å². The van der Waals surface area contributed by atoms with Crippen molar-refractivity contribution in [3.63, 3.8) is 0 Å². The zero-order valence-electron chi connectivity index (χ0n) is 12.8. The summed E-state index contributed by atoms with van der Waals surface area (Å²) in [5.74, 6) is -0.208. The SMILES string of the molecule is CC(C)(C)C1(c2ccc(C(=O)NCCS)cc2)OCCO1. The smallest absolute Gasteiger partial charge is 0.251 e. The summed E-state index contributed by atoms with van der Waals surface area (Å²) in [6.45, 7) is 7.99. The molecule has 0 radical (unpaired) electrons. The average Bonchev–Trinajstić information content (AvgIpc) is 2.95. The van der Waals surface area contributed by atoms with Gasteiger partial charge in [-0.3, -0.25) is 4.79 Å². The molecule has 1 aromatic rings. The van der Waals surface area contributed by atoms with Crippen molar-refractivity contribution >= 4 is 18.5 Å². The van der Waals surface area contributed by atoms with Gasteiger partial charge < -0.3 is 14.8 Å². The molecule has 1 aliphatic heterocycles. The van der Waals surface area contributed by atoms with Gasteiger partial charge in [-0.25, -0.2) is 0 Å². The van der Waals surface area contributed by atoms with Gasteiger partial charge in [0, 0.05) is 28.8 Å². The Balaban J connectivity index is 2.23. The molecule has 4 nitrogen and oxygen atoms in total.